The van der Waals surface area contributed by atoms with Gasteiger partial charge in [-0.1, -0.05) is 20.8 Å². The molecular formula is C38H72N2O12. The highest BCUT2D eigenvalue weighted by atomic mass is 16.7. The highest BCUT2D eigenvalue weighted by molar-refractivity contribution is 5.73. The van der Waals surface area contributed by atoms with E-state index in [0.29, 0.717) is 13.0 Å². The molecule has 18 atom stereocenters. The third-order valence-corrected chi connectivity index (χ3v) is 12.0. The van der Waals surface area contributed by atoms with E-state index in [9.17, 15) is 25.2 Å². The van der Waals surface area contributed by atoms with Crippen LogP contribution in [0.1, 0.15) is 94.9 Å². The lowest BCUT2D eigenvalue weighted by molar-refractivity contribution is -0.319. The first-order chi connectivity index (χ1) is 24.0. The molecule has 0 amide bonds. The van der Waals surface area contributed by atoms with Crippen LogP contribution in [0.5, 0.6) is 0 Å². The summed E-state index contributed by atoms with van der Waals surface area (Å²) in [6.07, 6.45) is -6.93. The van der Waals surface area contributed by atoms with Crippen molar-refractivity contribution in [2.75, 3.05) is 34.9 Å². The van der Waals surface area contributed by atoms with E-state index in [0.717, 1.165) is 0 Å². The van der Waals surface area contributed by atoms with Crippen LogP contribution >= 0.6 is 0 Å². The lowest BCUT2D eigenvalue weighted by Gasteiger charge is -2.49. The molecule has 3 aliphatic rings. The number of hydrogen-bond donors (Lipinski definition) is 5. The van der Waals surface area contributed by atoms with Gasteiger partial charge in [0.1, 0.15) is 30.0 Å². The zero-order chi connectivity index (χ0) is 39.5. The van der Waals surface area contributed by atoms with Crippen molar-refractivity contribution in [3.63, 3.8) is 0 Å². The standard InChI is InChI=1S/C38H72N2O12/c1-15-27-38(10,45)31(41)24(6)39-19-20(2)17-36(8,44)33(52-35-30(46-13)26(40(11)12)16-21(3)48-35)22(4)29(23(5)34(43)50-27)51-28-18-37(9,47-14)32(42)25(7)49-28/h20-33,35,39,41-42,44-45H,15-19H2,1-14H3/t20-,21-,22+,23-,24-,25+,26+,27-,28+,29+,30-,31-,32+,33-,35?,36?,37-,38-/m1/s1. The average Bonchev–Trinajstić information content (AvgIpc) is 3.07. The Morgan fingerprint density at radius 3 is 2.12 bits per heavy atom. The second kappa shape index (κ2) is 18.3. The summed E-state index contributed by atoms with van der Waals surface area (Å²) < 4.78 is 44.0. The Bertz CT molecular complexity index is 1130. The molecule has 0 aromatic heterocycles. The zero-order valence-electron chi connectivity index (χ0n) is 34.2. The number of cyclic esters (lactones) is 1. The summed E-state index contributed by atoms with van der Waals surface area (Å²) in [7, 11) is 7.10. The number of aliphatic hydroxyl groups is 4. The van der Waals surface area contributed by atoms with Gasteiger partial charge < -0.3 is 63.8 Å². The molecule has 14 heteroatoms. The minimum absolute atomic E-state index is 0.0349. The van der Waals surface area contributed by atoms with Crippen molar-refractivity contribution < 1.29 is 58.4 Å². The number of nitrogens with zero attached hydrogens (tertiary/aromatic N) is 1. The van der Waals surface area contributed by atoms with Gasteiger partial charge in [0.25, 0.3) is 0 Å². The quantitative estimate of drug-likeness (QED) is 0.228. The maximum atomic E-state index is 14.2. The van der Waals surface area contributed by atoms with E-state index in [1.165, 1.54) is 14.0 Å². The Hall–Kier alpha value is -1.01. The number of aliphatic hydroxyl groups excluding tert-OH is 2. The number of nitrogens with one attached hydrogen (secondary N) is 1. The number of carbonyl (C=O) groups excluding carboxylic acids is 1. The Morgan fingerprint density at radius 2 is 1.56 bits per heavy atom. The lowest BCUT2D eigenvalue weighted by atomic mass is 9.77. The van der Waals surface area contributed by atoms with Crippen molar-refractivity contribution in [3.05, 3.63) is 0 Å². The first kappa shape index (κ1) is 45.4. The maximum absolute atomic E-state index is 14.2. The Kier molecular flexibility index (Phi) is 16.0. The van der Waals surface area contributed by atoms with Crippen LogP contribution in [-0.4, -0.2) is 156 Å². The molecule has 0 aromatic carbocycles. The summed E-state index contributed by atoms with van der Waals surface area (Å²) in [5.74, 6) is -2.46. The first-order valence-corrected chi connectivity index (χ1v) is 19.1. The largest absolute Gasteiger partial charge is 0.459 e. The van der Waals surface area contributed by atoms with Gasteiger partial charge in [0, 0.05) is 38.6 Å². The molecule has 3 heterocycles. The number of likely N-dealkylation sites (N-methyl/N-ethyl adjacent to an activating group) is 1. The number of esters is 1. The second-order valence-electron chi connectivity index (χ2n) is 16.9. The molecule has 14 nitrogen and oxygen atoms in total. The smallest absolute Gasteiger partial charge is 0.311 e. The number of hydrogen-bond acceptors (Lipinski definition) is 14. The Balaban J connectivity index is 2.17. The Morgan fingerprint density at radius 1 is 0.923 bits per heavy atom. The molecule has 3 rings (SSSR count). The average molecular weight is 749 g/mol. The fourth-order valence-corrected chi connectivity index (χ4v) is 8.61. The molecule has 52 heavy (non-hydrogen) atoms. The summed E-state index contributed by atoms with van der Waals surface area (Å²) >= 11 is 0. The topological polar surface area (TPSA) is 178 Å². The highest BCUT2D eigenvalue weighted by Gasteiger charge is 2.52. The maximum Gasteiger partial charge on any atom is 0.311 e. The zero-order valence-corrected chi connectivity index (χ0v) is 34.2. The number of rotatable bonds is 8. The van der Waals surface area contributed by atoms with Crippen LogP contribution in [0.25, 0.3) is 0 Å². The third kappa shape index (κ3) is 10.2. The van der Waals surface area contributed by atoms with Gasteiger partial charge in [0.05, 0.1) is 41.5 Å². The second-order valence-corrected chi connectivity index (χ2v) is 16.9. The minimum Gasteiger partial charge on any atom is -0.459 e. The third-order valence-electron chi connectivity index (χ3n) is 12.0. The van der Waals surface area contributed by atoms with E-state index in [4.69, 9.17) is 33.2 Å². The molecule has 0 radical (unpaired) electrons. The van der Waals surface area contributed by atoms with Crippen LogP contribution in [0.15, 0.2) is 0 Å². The van der Waals surface area contributed by atoms with Crippen molar-refractivity contribution in [3.8, 4) is 0 Å². The highest BCUT2D eigenvalue weighted by Crippen LogP contribution is 2.40. The van der Waals surface area contributed by atoms with Crippen molar-refractivity contribution >= 4 is 5.97 Å². The minimum atomic E-state index is -1.79. The molecule has 0 saturated carbocycles. The van der Waals surface area contributed by atoms with Crippen LogP contribution < -0.4 is 5.32 Å². The van der Waals surface area contributed by atoms with Gasteiger partial charge in [0.15, 0.2) is 12.6 Å². The van der Waals surface area contributed by atoms with E-state index >= 15 is 0 Å². The number of methoxy groups -OCH3 is 2. The normalized spacial score (nSPS) is 49.2. The van der Waals surface area contributed by atoms with Crippen molar-refractivity contribution in [1.29, 1.82) is 0 Å². The van der Waals surface area contributed by atoms with Crippen LogP contribution in [0.2, 0.25) is 0 Å². The molecule has 0 aromatic rings. The molecule has 3 fully saturated rings. The van der Waals surface area contributed by atoms with Crippen molar-refractivity contribution in [2.45, 2.75) is 185 Å². The van der Waals surface area contributed by atoms with Crippen molar-refractivity contribution in [2.24, 2.45) is 17.8 Å². The van der Waals surface area contributed by atoms with Gasteiger partial charge >= 0.3 is 5.97 Å². The van der Waals surface area contributed by atoms with Gasteiger partial charge in [-0.15, -0.1) is 0 Å². The van der Waals surface area contributed by atoms with E-state index < -0.39 is 96.0 Å². The van der Waals surface area contributed by atoms with Crippen molar-refractivity contribution in [1.82, 2.24) is 10.2 Å². The summed E-state index contributed by atoms with van der Waals surface area (Å²) in [5.41, 5.74) is -4.29. The molecule has 0 bridgehead atoms. The monoisotopic (exact) mass is 749 g/mol. The van der Waals surface area contributed by atoms with Gasteiger partial charge in [0.2, 0.25) is 0 Å². The molecule has 306 valence electrons. The molecular weight excluding hydrogens is 676 g/mol. The van der Waals surface area contributed by atoms with Crippen LogP contribution in [-0.2, 0) is 38.0 Å². The lowest BCUT2D eigenvalue weighted by Crippen LogP contribution is -2.61. The SMILES string of the molecule is CC[C@H]1OC(=O)[C@H](C)[C@@H](O[C@H]2C[C@@](C)(OC)[C@@H](O)[C@H](C)O2)[C@H](C)[C@@H](OC2O[C@H](C)C[C@H](N(C)C)[C@H]2OC)C(C)(O)C[C@@H](C)CN[C@H](C)[C@@H](O)[C@]1(C)O. The van der Waals surface area contributed by atoms with Gasteiger partial charge in [-0.25, -0.2) is 0 Å². The van der Waals surface area contributed by atoms with E-state index in [1.54, 1.807) is 48.7 Å². The van der Waals surface area contributed by atoms with Crippen LogP contribution in [0.3, 0.4) is 0 Å². The number of carbonyl (C=O) groups is 1. The first-order valence-electron chi connectivity index (χ1n) is 19.1. The predicted molar refractivity (Wildman–Crippen MR) is 194 cm³/mol. The molecule has 2 unspecified atom stereocenters. The van der Waals surface area contributed by atoms with E-state index in [-0.39, 0.29) is 37.3 Å². The fourth-order valence-electron chi connectivity index (χ4n) is 8.61. The predicted octanol–water partition coefficient (Wildman–Crippen LogP) is 2.21. The number of ether oxygens (including phenoxy) is 7. The molecule has 5 N–H and O–H groups in total. The summed E-state index contributed by atoms with van der Waals surface area (Å²) in [6.45, 7) is 18.2. The van der Waals surface area contributed by atoms with Gasteiger partial charge in [-0.05, 0) is 94.3 Å². The fraction of sp³-hybridized carbons (Fsp3) is 0.974. The van der Waals surface area contributed by atoms with E-state index in [2.05, 4.69) is 10.2 Å². The molecule has 3 aliphatic heterocycles. The summed E-state index contributed by atoms with van der Waals surface area (Å²) in [4.78, 5) is 16.3. The summed E-state index contributed by atoms with van der Waals surface area (Å²) in [6, 6.07) is -0.606. The molecule has 0 spiro atoms. The van der Waals surface area contributed by atoms with E-state index in [1.807, 2.05) is 34.9 Å². The summed E-state index contributed by atoms with van der Waals surface area (Å²) in [5, 5.41) is 49.7. The van der Waals surface area contributed by atoms with Crippen LogP contribution in [0, 0.1) is 17.8 Å². The Labute approximate surface area is 312 Å². The van der Waals surface area contributed by atoms with Crippen LogP contribution in [0.4, 0.5) is 0 Å². The molecule has 3 saturated heterocycles. The van der Waals surface area contributed by atoms with Gasteiger partial charge in [-0.3, -0.25) is 4.79 Å². The molecule has 0 aliphatic carbocycles. The van der Waals surface area contributed by atoms with Gasteiger partial charge in [-0.2, -0.15) is 0 Å².